The van der Waals surface area contributed by atoms with Gasteiger partial charge in [-0.3, -0.25) is 10.1 Å². The molecule has 0 spiro atoms. The summed E-state index contributed by atoms with van der Waals surface area (Å²) in [5, 5.41) is 25.1. The zero-order valence-electron chi connectivity index (χ0n) is 13.9. The van der Waals surface area contributed by atoms with Crippen LogP contribution in [0.4, 0.5) is 11.4 Å². The number of non-ortho nitro benzene ring substituents is 1. The van der Waals surface area contributed by atoms with E-state index >= 15 is 0 Å². The van der Waals surface area contributed by atoms with Crippen LogP contribution in [-0.2, 0) is 0 Å². The maximum absolute atomic E-state index is 11.6. The monoisotopic (exact) mass is 341 g/mol. The van der Waals surface area contributed by atoms with Crippen LogP contribution in [0.2, 0.25) is 0 Å². The molecule has 0 radical (unpaired) electrons. The number of nitrogens with zero attached hydrogens (tertiary/aromatic N) is 2. The Bertz CT molecular complexity index is 927. The fourth-order valence-electron chi connectivity index (χ4n) is 2.91. The van der Waals surface area contributed by atoms with E-state index in [9.17, 15) is 10.1 Å². The average Bonchev–Trinajstić information content (AvgIpc) is 2.63. The number of para-hydroxylation sites is 1. The normalized spacial score (nSPS) is 11.0. The maximum atomic E-state index is 11.6. The number of hydrogen-bond acceptors (Lipinski definition) is 6. The van der Waals surface area contributed by atoms with Crippen LogP contribution in [0.3, 0.4) is 0 Å². The van der Waals surface area contributed by atoms with E-state index in [1.807, 2.05) is 24.3 Å². The van der Waals surface area contributed by atoms with Crippen molar-refractivity contribution < 1.29 is 14.8 Å². The number of anilines is 1. The minimum absolute atomic E-state index is 0.0151. The lowest BCUT2D eigenvalue weighted by Crippen LogP contribution is -2.06. The van der Waals surface area contributed by atoms with Crippen LogP contribution >= 0.6 is 0 Å². The summed E-state index contributed by atoms with van der Waals surface area (Å²) in [6, 6.07) is 10.5. The Kier molecular flexibility index (Phi) is 4.95. The molecule has 7 nitrogen and oxygen atoms in total. The van der Waals surface area contributed by atoms with Gasteiger partial charge in [-0.25, -0.2) is 4.98 Å². The molecule has 0 unspecified atom stereocenters. The summed E-state index contributed by atoms with van der Waals surface area (Å²) in [5.41, 5.74) is 1.85. The molecule has 0 saturated carbocycles. The molecule has 0 aliphatic rings. The fourth-order valence-corrected chi connectivity index (χ4v) is 2.91. The van der Waals surface area contributed by atoms with Crippen LogP contribution in [0.15, 0.2) is 36.4 Å². The largest absolute Gasteiger partial charge is 0.494 e. The minimum Gasteiger partial charge on any atom is -0.494 e. The van der Waals surface area contributed by atoms with Crippen molar-refractivity contribution in [1.82, 2.24) is 4.98 Å². The molecule has 130 valence electrons. The van der Waals surface area contributed by atoms with Gasteiger partial charge in [-0.05, 0) is 25.0 Å². The van der Waals surface area contributed by atoms with Gasteiger partial charge in [0.05, 0.1) is 23.2 Å². The summed E-state index contributed by atoms with van der Waals surface area (Å²) in [5.74, 6) is 0.491. The van der Waals surface area contributed by atoms with Crippen molar-refractivity contribution in [3.05, 3.63) is 46.5 Å². The lowest BCUT2D eigenvalue weighted by molar-refractivity contribution is -0.383. The Hall–Kier alpha value is -2.93. The van der Waals surface area contributed by atoms with Crippen molar-refractivity contribution in [3.63, 3.8) is 0 Å². The number of nitrogens with one attached hydrogen (secondary N) is 1. The number of benzene rings is 2. The van der Waals surface area contributed by atoms with Gasteiger partial charge in [0.25, 0.3) is 5.69 Å². The number of methoxy groups -OCH3 is 1. The first-order valence-corrected chi connectivity index (χ1v) is 8.06. The smallest absolute Gasteiger partial charge is 0.281 e. The lowest BCUT2D eigenvalue weighted by Gasteiger charge is -2.14. The van der Waals surface area contributed by atoms with E-state index in [2.05, 4.69) is 10.3 Å². The lowest BCUT2D eigenvalue weighted by atomic mass is 10.1. The number of aromatic nitrogens is 1. The van der Waals surface area contributed by atoms with E-state index in [0.717, 1.165) is 17.3 Å². The fraction of sp³-hybridized carbons (Fsp3) is 0.278. The van der Waals surface area contributed by atoms with Crippen LogP contribution < -0.4 is 10.1 Å². The number of unbranched alkanes of at least 4 members (excludes halogenated alkanes) is 1. The van der Waals surface area contributed by atoms with Gasteiger partial charge < -0.3 is 15.2 Å². The molecule has 1 heterocycles. The van der Waals surface area contributed by atoms with Crippen LogP contribution in [0.25, 0.3) is 21.8 Å². The highest BCUT2D eigenvalue weighted by atomic mass is 16.6. The predicted octanol–water partition coefficient (Wildman–Crippen LogP) is 3.49. The number of aliphatic hydroxyl groups excluding tert-OH is 1. The summed E-state index contributed by atoms with van der Waals surface area (Å²) in [4.78, 5) is 15.7. The third-order valence-electron chi connectivity index (χ3n) is 4.08. The standard InChI is InChI=1S/C18H19N3O4/c1-25-15-9-8-14(21(23)24)16-17(19-10-4-5-11-22)12-6-2-3-7-13(12)20-18(15)16/h2-3,6-9,22H,4-5,10-11H2,1H3,(H,19,20). The number of hydrogen-bond donors (Lipinski definition) is 2. The second kappa shape index (κ2) is 7.31. The molecule has 3 aromatic rings. The van der Waals surface area contributed by atoms with Crippen molar-refractivity contribution in [2.45, 2.75) is 12.8 Å². The first kappa shape index (κ1) is 16.9. The quantitative estimate of drug-likeness (QED) is 0.295. The predicted molar refractivity (Wildman–Crippen MR) is 97.3 cm³/mol. The summed E-state index contributed by atoms with van der Waals surface area (Å²) < 4.78 is 5.36. The second-order valence-corrected chi connectivity index (χ2v) is 5.63. The number of rotatable bonds is 7. The maximum Gasteiger partial charge on any atom is 0.281 e. The second-order valence-electron chi connectivity index (χ2n) is 5.63. The third kappa shape index (κ3) is 3.18. The van der Waals surface area contributed by atoms with E-state index in [1.54, 1.807) is 6.07 Å². The van der Waals surface area contributed by atoms with Crippen molar-refractivity contribution in [3.8, 4) is 5.75 Å². The molecule has 2 N–H and O–H groups in total. The molecule has 0 aliphatic carbocycles. The Balaban J connectivity index is 2.30. The van der Waals surface area contributed by atoms with Gasteiger partial charge in [-0.15, -0.1) is 0 Å². The van der Waals surface area contributed by atoms with Crippen molar-refractivity contribution in [2.75, 3.05) is 25.6 Å². The molecule has 0 saturated heterocycles. The highest BCUT2D eigenvalue weighted by Gasteiger charge is 2.22. The molecular formula is C18H19N3O4. The zero-order chi connectivity index (χ0) is 17.8. The molecule has 2 aromatic carbocycles. The van der Waals surface area contributed by atoms with Crippen molar-refractivity contribution in [1.29, 1.82) is 0 Å². The van der Waals surface area contributed by atoms with Gasteiger partial charge in [-0.2, -0.15) is 0 Å². The molecule has 7 heteroatoms. The first-order valence-electron chi connectivity index (χ1n) is 8.06. The number of pyridine rings is 1. The Morgan fingerprint density at radius 2 is 2.04 bits per heavy atom. The SMILES string of the molecule is COc1ccc([N+](=O)[O-])c2c(NCCCCO)c3ccccc3nc12. The van der Waals surface area contributed by atoms with Crippen LogP contribution in [0, 0.1) is 10.1 Å². The van der Waals surface area contributed by atoms with Gasteiger partial charge in [0.2, 0.25) is 0 Å². The summed E-state index contributed by atoms with van der Waals surface area (Å²) in [6.07, 6.45) is 1.42. The van der Waals surface area contributed by atoms with E-state index in [1.165, 1.54) is 13.2 Å². The molecular weight excluding hydrogens is 322 g/mol. The number of nitro benzene ring substituents is 1. The third-order valence-corrected chi connectivity index (χ3v) is 4.08. The Morgan fingerprint density at radius 3 is 2.76 bits per heavy atom. The van der Waals surface area contributed by atoms with Crippen molar-refractivity contribution >= 4 is 33.2 Å². The number of nitro groups is 1. The zero-order valence-corrected chi connectivity index (χ0v) is 13.9. The van der Waals surface area contributed by atoms with E-state index in [-0.39, 0.29) is 12.3 Å². The van der Waals surface area contributed by atoms with E-state index < -0.39 is 4.92 Å². The Morgan fingerprint density at radius 1 is 1.24 bits per heavy atom. The first-order chi connectivity index (χ1) is 12.2. The summed E-state index contributed by atoms with van der Waals surface area (Å²) >= 11 is 0. The van der Waals surface area contributed by atoms with Crippen LogP contribution in [-0.4, -0.2) is 35.3 Å². The van der Waals surface area contributed by atoms with Crippen LogP contribution in [0.1, 0.15) is 12.8 Å². The van der Waals surface area contributed by atoms with Gasteiger partial charge in [0, 0.05) is 24.6 Å². The van der Waals surface area contributed by atoms with E-state index in [0.29, 0.717) is 35.3 Å². The highest BCUT2D eigenvalue weighted by molar-refractivity contribution is 6.12. The topological polar surface area (TPSA) is 97.5 Å². The molecule has 0 aliphatic heterocycles. The summed E-state index contributed by atoms with van der Waals surface area (Å²) in [7, 11) is 1.52. The van der Waals surface area contributed by atoms with Gasteiger partial charge >= 0.3 is 0 Å². The average molecular weight is 341 g/mol. The van der Waals surface area contributed by atoms with Crippen molar-refractivity contribution in [2.24, 2.45) is 0 Å². The Labute approximate surface area is 144 Å². The molecule has 0 fully saturated rings. The molecule has 0 atom stereocenters. The minimum atomic E-state index is -0.406. The van der Waals surface area contributed by atoms with Gasteiger partial charge in [-0.1, -0.05) is 18.2 Å². The summed E-state index contributed by atoms with van der Waals surface area (Å²) in [6.45, 7) is 0.714. The molecule has 25 heavy (non-hydrogen) atoms. The van der Waals surface area contributed by atoms with E-state index in [4.69, 9.17) is 9.84 Å². The van der Waals surface area contributed by atoms with Gasteiger partial charge in [0.1, 0.15) is 16.7 Å². The number of aliphatic hydroxyl groups is 1. The van der Waals surface area contributed by atoms with Gasteiger partial charge in [0.15, 0.2) is 0 Å². The number of fused-ring (bicyclic) bond motifs is 2. The van der Waals surface area contributed by atoms with Crippen LogP contribution in [0.5, 0.6) is 5.75 Å². The highest BCUT2D eigenvalue weighted by Crippen LogP contribution is 2.40. The molecule has 0 amide bonds. The molecule has 0 bridgehead atoms. The number of ether oxygens (including phenoxy) is 1. The molecule has 1 aromatic heterocycles. The molecule has 3 rings (SSSR count).